The Kier molecular flexibility index (Phi) is 8.91. The van der Waals surface area contributed by atoms with Crippen LogP contribution in [-0.2, 0) is 17.9 Å². The number of hydrogen-bond acceptors (Lipinski definition) is 7. The molecule has 2 heterocycles. The number of ether oxygens (including phenoxy) is 1. The summed E-state index contributed by atoms with van der Waals surface area (Å²) < 4.78 is 12.1. The Balaban J connectivity index is 1.16. The maximum absolute atomic E-state index is 12.9. The second-order valence-electron chi connectivity index (χ2n) is 11.0. The van der Waals surface area contributed by atoms with Crippen molar-refractivity contribution in [3.63, 3.8) is 0 Å². The van der Waals surface area contributed by atoms with Crippen molar-refractivity contribution < 1.29 is 23.8 Å². The Hall–Kier alpha value is -4.18. The van der Waals surface area contributed by atoms with E-state index in [-0.39, 0.29) is 12.5 Å². The summed E-state index contributed by atoms with van der Waals surface area (Å²) in [5.74, 6) is 0.391. The summed E-state index contributed by atoms with van der Waals surface area (Å²) in [6.45, 7) is 7.18. The van der Waals surface area contributed by atoms with Gasteiger partial charge in [0.05, 0.1) is 6.54 Å². The lowest BCUT2D eigenvalue weighted by Gasteiger charge is -2.42. The number of benzene rings is 3. The molecule has 9 nitrogen and oxygen atoms in total. The van der Waals surface area contributed by atoms with Crippen LogP contribution in [-0.4, -0.2) is 65.2 Å². The van der Waals surface area contributed by atoms with Gasteiger partial charge in [-0.05, 0) is 35.9 Å². The lowest BCUT2D eigenvalue weighted by molar-refractivity contribution is -0.163. The average Bonchev–Trinajstić information content (AvgIpc) is 3.39. The smallest absolute Gasteiger partial charge is 0.266 e. The second-order valence-corrected chi connectivity index (χ2v) is 11.0. The predicted octanol–water partition coefficient (Wildman–Crippen LogP) is 3.86. The van der Waals surface area contributed by atoms with Crippen LogP contribution in [0.2, 0.25) is 0 Å². The molecule has 1 atom stereocenters. The Morgan fingerprint density at radius 2 is 1.64 bits per heavy atom. The van der Waals surface area contributed by atoms with E-state index in [4.69, 9.17) is 14.9 Å². The van der Waals surface area contributed by atoms with Gasteiger partial charge in [-0.1, -0.05) is 62.4 Å². The van der Waals surface area contributed by atoms with E-state index < -0.39 is 17.5 Å². The third-order valence-electron chi connectivity index (χ3n) is 7.79. The summed E-state index contributed by atoms with van der Waals surface area (Å²) in [6.07, 6.45) is 0. The molecule has 9 heteroatoms. The number of hydrogen-bond donors (Lipinski definition) is 3. The van der Waals surface area contributed by atoms with Crippen molar-refractivity contribution in [1.82, 2.24) is 15.1 Å². The summed E-state index contributed by atoms with van der Waals surface area (Å²) in [5.41, 5.74) is 7.05. The number of piperazine rings is 1. The molecule has 0 spiro atoms. The predicted molar refractivity (Wildman–Crippen MR) is 161 cm³/mol. The molecule has 4 aromatic rings. The van der Waals surface area contributed by atoms with Crippen molar-refractivity contribution >= 4 is 22.8 Å². The fourth-order valence-corrected chi connectivity index (χ4v) is 5.37. The zero-order valence-corrected chi connectivity index (χ0v) is 24.1. The summed E-state index contributed by atoms with van der Waals surface area (Å²) in [5, 5.41) is 14.9. The second kappa shape index (κ2) is 12.8. The van der Waals surface area contributed by atoms with Gasteiger partial charge in [0.15, 0.2) is 0 Å². The van der Waals surface area contributed by atoms with Gasteiger partial charge < -0.3 is 25.3 Å². The molecule has 5 rings (SSSR count). The van der Waals surface area contributed by atoms with E-state index in [2.05, 4.69) is 36.2 Å². The average molecular weight is 571 g/mol. The number of nitrogens with two attached hydrogens (primary N) is 1. The van der Waals surface area contributed by atoms with Crippen LogP contribution in [0.4, 0.5) is 0 Å². The molecule has 4 N–H and O–H groups in total. The van der Waals surface area contributed by atoms with Gasteiger partial charge in [0.1, 0.15) is 23.7 Å². The summed E-state index contributed by atoms with van der Waals surface area (Å²) in [4.78, 5) is 29.2. The number of aliphatic hydroxyl groups is 1. The van der Waals surface area contributed by atoms with Crippen LogP contribution in [0.3, 0.4) is 0 Å². The summed E-state index contributed by atoms with van der Waals surface area (Å²) >= 11 is 0. The SMILES string of the molecule is CC(C)c1oc2ccccc2c1COc1ccc(C(=O)NCC(O)(C(N)=O)N2CCN(Cc3ccccc3)CC2)cc1. The highest BCUT2D eigenvalue weighted by Gasteiger charge is 2.42. The third-order valence-corrected chi connectivity index (χ3v) is 7.79. The molecular formula is C33H38N4O5. The molecule has 3 aromatic carbocycles. The van der Waals surface area contributed by atoms with Crippen molar-refractivity contribution in [2.24, 2.45) is 5.73 Å². The normalized spacial score (nSPS) is 15.9. The highest BCUT2D eigenvalue weighted by molar-refractivity contribution is 5.95. The van der Waals surface area contributed by atoms with Crippen LogP contribution < -0.4 is 15.8 Å². The molecule has 1 fully saturated rings. The number of carbonyl (C=O) groups excluding carboxylic acids is 2. The molecular weight excluding hydrogens is 532 g/mol. The number of rotatable bonds is 11. The summed E-state index contributed by atoms with van der Waals surface area (Å²) in [6, 6.07) is 24.8. The molecule has 0 radical (unpaired) electrons. The van der Waals surface area contributed by atoms with Gasteiger partial charge in [-0.3, -0.25) is 19.4 Å². The first-order chi connectivity index (χ1) is 20.2. The van der Waals surface area contributed by atoms with E-state index in [0.717, 1.165) is 28.8 Å². The standard InChI is InChI=1S/C33H38N4O5/c1-23(2)30-28(27-10-6-7-11-29(27)42-30)21-41-26-14-12-25(13-15-26)31(38)35-22-33(40,32(34)39)37-18-16-36(17-19-37)20-24-8-4-3-5-9-24/h3-15,23,40H,16-22H2,1-2H3,(H2,34,39)(H,35,38). The van der Waals surface area contributed by atoms with Gasteiger partial charge >= 0.3 is 0 Å². The molecule has 1 aliphatic heterocycles. The van der Waals surface area contributed by atoms with E-state index in [1.54, 1.807) is 29.2 Å². The maximum Gasteiger partial charge on any atom is 0.266 e. The highest BCUT2D eigenvalue weighted by atomic mass is 16.5. The number of nitrogens with one attached hydrogen (secondary N) is 1. The van der Waals surface area contributed by atoms with E-state index in [1.165, 1.54) is 5.56 Å². The molecule has 1 aliphatic rings. The Bertz CT molecular complexity index is 1510. The molecule has 220 valence electrons. The van der Waals surface area contributed by atoms with Crippen LogP contribution >= 0.6 is 0 Å². The highest BCUT2D eigenvalue weighted by Crippen LogP contribution is 2.32. The van der Waals surface area contributed by atoms with Crippen LogP contribution in [0.5, 0.6) is 5.75 Å². The molecule has 1 saturated heterocycles. The first kappa shape index (κ1) is 29.3. The van der Waals surface area contributed by atoms with E-state index in [1.807, 2.05) is 42.5 Å². The molecule has 0 saturated carbocycles. The largest absolute Gasteiger partial charge is 0.489 e. The fourth-order valence-electron chi connectivity index (χ4n) is 5.37. The minimum Gasteiger partial charge on any atom is -0.489 e. The maximum atomic E-state index is 12.9. The summed E-state index contributed by atoms with van der Waals surface area (Å²) in [7, 11) is 0. The van der Waals surface area contributed by atoms with Crippen molar-refractivity contribution in [2.45, 2.75) is 38.6 Å². The first-order valence-electron chi connectivity index (χ1n) is 14.3. The minimum atomic E-state index is -1.99. The van der Waals surface area contributed by atoms with Gasteiger partial charge in [-0.15, -0.1) is 0 Å². The van der Waals surface area contributed by atoms with Gasteiger partial charge in [0.25, 0.3) is 11.8 Å². The van der Waals surface area contributed by atoms with Crippen LogP contribution in [0.25, 0.3) is 11.0 Å². The number of furan rings is 1. The number of fused-ring (bicyclic) bond motifs is 1. The molecule has 42 heavy (non-hydrogen) atoms. The van der Waals surface area contributed by atoms with Crippen molar-refractivity contribution in [2.75, 3.05) is 32.7 Å². The van der Waals surface area contributed by atoms with Crippen molar-refractivity contribution in [1.29, 1.82) is 0 Å². The molecule has 0 aliphatic carbocycles. The van der Waals surface area contributed by atoms with Crippen LogP contribution in [0.15, 0.2) is 83.3 Å². The first-order valence-corrected chi connectivity index (χ1v) is 14.3. The number of nitrogens with zero attached hydrogens (tertiary/aromatic N) is 2. The van der Waals surface area contributed by atoms with Crippen molar-refractivity contribution in [3.05, 3.63) is 101 Å². The zero-order valence-electron chi connectivity index (χ0n) is 24.1. The Morgan fingerprint density at radius 1 is 0.976 bits per heavy atom. The Morgan fingerprint density at radius 3 is 2.31 bits per heavy atom. The monoisotopic (exact) mass is 570 g/mol. The minimum absolute atomic E-state index is 0.208. The zero-order chi connectivity index (χ0) is 29.7. The molecule has 0 bridgehead atoms. The molecule has 2 amide bonds. The fraction of sp³-hybridized carbons (Fsp3) is 0.333. The van der Waals surface area contributed by atoms with Gasteiger partial charge in [-0.2, -0.15) is 0 Å². The van der Waals surface area contributed by atoms with Gasteiger partial charge in [-0.25, -0.2) is 0 Å². The topological polar surface area (TPSA) is 121 Å². The lowest BCUT2D eigenvalue weighted by Crippen LogP contribution is -2.66. The van der Waals surface area contributed by atoms with Crippen LogP contribution in [0, 0.1) is 0 Å². The number of amides is 2. The molecule has 1 unspecified atom stereocenters. The van der Waals surface area contributed by atoms with Gasteiger partial charge in [0.2, 0.25) is 5.72 Å². The lowest BCUT2D eigenvalue weighted by atomic mass is 10.0. The molecule has 1 aromatic heterocycles. The van der Waals surface area contributed by atoms with Gasteiger partial charge in [0, 0.05) is 55.2 Å². The van der Waals surface area contributed by atoms with E-state index in [0.29, 0.717) is 44.1 Å². The van der Waals surface area contributed by atoms with E-state index in [9.17, 15) is 14.7 Å². The number of primary amides is 1. The van der Waals surface area contributed by atoms with E-state index >= 15 is 0 Å². The van der Waals surface area contributed by atoms with Crippen molar-refractivity contribution in [3.8, 4) is 5.75 Å². The number of para-hydroxylation sites is 1. The Labute approximate surface area is 245 Å². The van der Waals surface area contributed by atoms with Crippen LogP contribution in [0.1, 0.15) is 47.0 Å². The third kappa shape index (κ3) is 6.49. The number of carbonyl (C=O) groups is 2. The quantitative estimate of drug-likeness (QED) is 0.250.